The Morgan fingerprint density at radius 3 is 3.06 bits per heavy atom. The summed E-state index contributed by atoms with van der Waals surface area (Å²) in [6.45, 7) is 1.50. The summed E-state index contributed by atoms with van der Waals surface area (Å²) in [6.07, 6.45) is 4.56. The molecule has 1 fully saturated rings. The van der Waals surface area contributed by atoms with Crippen LogP contribution < -0.4 is 10.0 Å². The zero-order valence-electron chi connectivity index (χ0n) is 8.94. The molecule has 1 aliphatic rings. The van der Waals surface area contributed by atoms with Crippen molar-refractivity contribution in [1.82, 2.24) is 20.2 Å². The van der Waals surface area contributed by atoms with Crippen LogP contribution in [-0.4, -0.2) is 37.7 Å². The molecule has 7 heteroatoms. The quantitative estimate of drug-likeness (QED) is 0.671. The van der Waals surface area contributed by atoms with Crippen molar-refractivity contribution >= 4 is 10.0 Å². The number of nitrogens with one attached hydrogen (secondary N) is 3. The molecular formula is C9H16N4O2S. The predicted octanol–water partition coefficient (Wildman–Crippen LogP) is -0.170. The van der Waals surface area contributed by atoms with E-state index in [1.54, 1.807) is 0 Å². The highest BCUT2D eigenvalue weighted by atomic mass is 32.2. The Morgan fingerprint density at radius 1 is 1.56 bits per heavy atom. The summed E-state index contributed by atoms with van der Waals surface area (Å²) in [5.74, 6) is 0. The van der Waals surface area contributed by atoms with Crippen molar-refractivity contribution in [1.29, 1.82) is 0 Å². The van der Waals surface area contributed by atoms with E-state index in [4.69, 9.17) is 0 Å². The Balaban J connectivity index is 1.81. The first-order valence-corrected chi connectivity index (χ1v) is 6.89. The maximum atomic E-state index is 11.7. The summed E-state index contributed by atoms with van der Waals surface area (Å²) in [6, 6.07) is 1.89. The number of nitrogens with zero attached hydrogens (tertiary/aromatic N) is 1. The molecule has 0 spiro atoms. The van der Waals surface area contributed by atoms with Crippen molar-refractivity contribution in [3.63, 3.8) is 0 Å². The van der Waals surface area contributed by atoms with E-state index in [1.165, 1.54) is 18.7 Å². The summed E-state index contributed by atoms with van der Waals surface area (Å²) >= 11 is 0. The normalized spacial score (nSPS) is 21.4. The number of sulfonamides is 1. The van der Waals surface area contributed by atoms with E-state index in [-0.39, 0.29) is 5.03 Å². The first-order chi connectivity index (χ1) is 7.68. The number of aromatic nitrogens is 2. The molecule has 16 heavy (non-hydrogen) atoms. The highest BCUT2D eigenvalue weighted by Gasteiger charge is 2.17. The highest BCUT2D eigenvalue weighted by molar-refractivity contribution is 7.89. The van der Waals surface area contributed by atoms with Gasteiger partial charge in [0, 0.05) is 12.6 Å². The standard InChI is InChI=1S/C9H16N4O2S/c14-16(15,9-4-6-11-13-9)12-7-3-8-2-1-5-10-8/h4,6,8,10,12H,1-3,5,7H2,(H,11,13)/t8-/m0/s1. The number of rotatable bonds is 5. The fourth-order valence-electron chi connectivity index (χ4n) is 1.84. The third-order valence-electron chi connectivity index (χ3n) is 2.71. The number of hydrogen-bond donors (Lipinski definition) is 3. The molecule has 90 valence electrons. The lowest BCUT2D eigenvalue weighted by Crippen LogP contribution is -2.30. The topological polar surface area (TPSA) is 86.9 Å². The molecule has 2 rings (SSSR count). The molecule has 1 aromatic heterocycles. The number of hydrogen-bond acceptors (Lipinski definition) is 4. The van der Waals surface area contributed by atoms with Gasteiger partial charge in [-0.1, -0.05) is 0 Å². The van der Waals surface area contributed by atoms with Crippen LogP contribution in [0.3, 0.4) is 0 Å². The maximum Gasteiger partial charge on any atom is 0.257 e. The SMILES string of the molecule is O=S(=O)(NCC[C@@H]1CCCN1)c1ccn[nH]1. The van der Waals surface area contributed by atoms with E-state index in [0.717, 1.165) is 19.4 Å². The van der Waals surface area contributed by atoms with Crippen LogP contribution in [-0.2, 0) is 10.0 Å². The molecule has 1 aromatic rings. The van der Waals surface area contributed by atoms with Crippen LogP contribution in [0.25, 0.3) is 0 Å². The molecule has 1 atom stereocenters. The largest absolute Gasteiger partial charge is 0.314 e. The molecule has 0 bridgehead atoms. The van der Waals surface area contributed by atoms with Gasteiger partial charge in [-0.05, 0) is 31.9 Å². The van der Waals surface area contributed by atoms with Gasteiger partial charge in [-0.3, -0.25) is 5.10 Å². The van der Waals surface area contributed by atoms with Crippen molar-refractivity contribution in [2.24, 2.45) is 0 Å². The average molecular weight is 244 g/mol. The van der Waals surface area contributed by atoms with Gasteiger partial charge < -0.3 is 5.32 Å². The summed E-state index contributed by atoms with van der Waals surface area (Å²) in [5, 5.41) is 9.50. The second-order valence-electron chi connectivity index (χ2n) is 3.90. The lowest BCUT2D eigenvalue weighted by molar-refractivity contribution is 0.538. The van der Waals surface area contributed by atoms with E-state index in [2.05, 4.69) is 20.2 Å². The van der Waals surface area contributed by atoms with Crippen LogP contribution in [0.1, 0.15) is 19.3 Å². The molecule has 0 saturated carbocycles. The second kappa shape index (κ2) is 4.94. The molecular weight excluding hydrogens is 228 g/mol. The highest BCUT2D eigenvalue weighted by Crippen LogP contribution is 2.08. The Bertz CT molecular complexity index is 409. The summed E-state index contributed by atoms with van der Waals surface area (Å²) in [7, 11) is -3.40. The monoisotopic (exact) mass is 244 g/mol. The van der Waals surface area contributed by atoms with E-state index in [0.29, 0.717) is 12.6 Å². The molecule has 6 nitrogen and oxygen atoms in total. The Hall–Kier alpha value is -0.920. The summed E-state index contributed by atoms with van der Waals surface area (Å²) in [5.41, 5.74) is 0. The van der Waals surface area contributed by atoms with Gasteiger partial charge >= 0.3 is 0 Å². The first kappa shape index (κ1) is 11.6. The third kappa shape index (κ3) is 2.81. The van der Waals surface area contributed by atoms with Crippen LogP contribution >= 0.6 is 0 Å². The van der Waals surface area contributed by atoms with Crippen LogP contribution in [0.15, 0.2) is 17.3 Å². The molecule has 0 aromatic carbocycles. The first-order valence-electron chi connectivity index (χ1n) is 5.41. The van der Waals surface area contributed by atoms with Crippen LogP contribution in [0.4, 0.5) is 0 Å². The summed E-state index contributed by atoms with van der Waals surface area (Å²) in [4.78, 5) is 0. The van der Waals surface area contributed by atoms with Gasteiger partial charge in [0.1, 0.15) is 0 Å². The van der Waals surface area contributed by atoms with Gasteiger partial charge in [0.15, 0.2) is 5.03 Å². The van der Waals surface area contributed by atoms with Gasteiger partial charge in [-0.2, -0.15) is 5.10 Å². The fourth-order valence-corrected chi connectivity index (χ4v) is 2.80. The zero-order valence-corrected chi connectivity index (χ0v) is 9.76. The fraction of sp³-hybridized carbons (Fsp3) is 0.667. The Labute approximate surface area is 94.9 Å². The molecule has 1 aliphatic heterocycles. The van der Waals surface area contributed by atoms with Crippen molar-refractivity contribution in [2.45, 2.75) is 30.3 Å². The molecule has 0 unspecified atom stereocenters. The van der Waals surface area contributed by atoms with Gasteiger partial charge in [0.2, 0.25) is 0 Å². The van der Waals surface area contributed by atoms with Crippen molar-refractivity contribution in [3.05, 3.63) is 12.3 Å². The minimum atomic E-state index is -3.40. The van der Waals surface area contributed by atoms with E-state index >= 15 is 0 Å². The smallest absolute Gasteiger partial charge is 0.257 e. The lowest BCUT2D eigenvalue weighted by atomic mass is 10.2. The molecule has 3 N–H and O–H groups in total. The minimum Gasteiger partial charge on any atom is -0.314 e. The number of aromatic amines is 1. The molecule has 2 heterocycles. The average Bonchev–Trinajstić information content (AvgIpc) is 2.90. The third-order valence-corrected chi connectivity index (χ3v) is 4.10. The van der Waals surface area contributed by atoms with Crippen molar-refractivity contribution in [3.8, 4) is 0 Å². The lowest BCUT2D eigenvalue weighted by Gasteiger charge is -2.10. The van der Waals surface area contributed by atoms with E-state index in [9.17, 15) is 8.42 Å². The van der Waals surface area contributed by atoms with Crippen LogP contribution in [0.5, 0.6) is 0 Å². The van der Waals surface area contributed by atoms with Crippen molar-refractivity contribution < 1.29 is 8.42 Å². The van der Waals surface area contributed by atoms with Crippen LogP contribution in [0.2, 0.25) is 0 Å². The van der Waals surface area contributed by atoms with E-state index < -0.39 is 10.0 Å². The Morgan fingerprint density at radius 2 is 2.44 bits per heavy atom. The van der Waals surface area contributed by atoms with Gasteiger partial charge in [0.05, 0.1) is 6.20 Å². The Kier molecular flexibility index (Phi) is 3.57. The van der Waals surface area contributed by atoms with Crippen molar-refractivity contribution in [2.75, 3.05) is 13.1 Å². The summed E-state index contributed by atoms with van der Waals surface area (Å²) < 4.78 is 25.9. The predicted molar refractivity (Wildman–Crippen MR) is 59.4 cm³/mol. The van der Waals surface area contributed by atoms with Gasteiger partial charge in [-0.25, -0.2) is 13.1 Å². The maximum absolute atomic E-state index is 11.7. The molecule has 0 radical (unpaired) electrons. The number of H-pyrrole nitrogens is 1. The zero-order chi connectivity index (χ0) is 11.4. The minimum absolute atomic E-state index is 0.117. The van der Waals surface area contributed by atoms with E-state index in [1.807, 2.05) is 0 Å². The molecule has 1 saturated heterocycles. The molecule has 0 aliphatic carbocycles. The van der Waals surface area contributed by atoms with Gasteiger partial charge in [0.25, 0.3) is 10.0 Å². The molecule has 0 amide bonds. The van der Waals surface area contributed by atoms with Crippen LogP contribution in [0, 0.1) is 0 Å². The van der Waals surface area contributed by atoms with Gasteiger partial charge in [-0.15, -0.1) is 0 Å². The second-order valence-corrected chi connectivity index (χ2v) is 5.64.